The van der Waals surface area contributed by atoms with Crippen LogP contribution < -0.4 is 0 Å². The first kappa shape index (κ1) is 3.81. The molecule has 1 unspecified atom stereocenters. The zero-order valence-corrected chi connectivity index (χ0v) is 3.75. The van der Waals surface area contributed by atoms with E-state index in [2.05, 4.69) is 0 Å². The van der Waals surface area contributed by atoms with E-state index in [0.29, 0.717) is 6.42 Å². The summed E-state index contributed by atoms with van der Waals surface area (Å²) >= 11 is 0. The third kappa shape index (κ3) is 0.274. The van der Waals surface area contributed by atoms with Crippen LogP contribution >= 0.6 is 0 Å². The molecule has 1 atom stereocenters. The second-order valence-electron chi connectivity index (χ2n) is 2.45. The molecule has 2 aliphatic carbocycles. The molecule has 0 aromatic carbocycles. The summed E-state index contributed by atoms with van der Waals surface area (Å²) in [4.78, 5) is 0. The van der Waals surface area contributed by atoms with Crippen molar-refractivity contribution in [2.75, 3.05) is 0 Å². The molecule has 0 nitrogen and oxygen atoms in total. The lowest BCUT2D eigenvalue weighted by atomic mass is 10.4. The average Bonchev–Trinajstić information content (AvgIpc) is 2.22. The molecule has 0 aromatic heterocycles. The van der Waals surface area contributed by atoms with Crippen molar-refractivity contribution in [2.24, 2.45) is 5.41 Å². The summed E-state index contributed by atoms with van der Waals surface area (Å²) in [7, 11) is 0. The molecule has 0 amide bonds. The zero-order valence-electron chi connectivity index (χ0n) is 3.75. The first-order chi connectivity index (χ1) is 3.16. The Balaban J connectivity index is 2.22. The summed E-state index contributed by atoms with van der Waals surface area (Å²) in [5.41, 5.74) is -0.562. The Morgan fingerprint density at radius 3 is 1.86 bits per heavy atom. The van der Waals surface area contributed by atoms with Crippen molar-refractivity contribution in [1.29, 1.82) is 0 Å². The predicted octanol–water partition coefficient (Wildman–Crippen LogP) is 1.62. The summed E-state index contributed by atoms with van der Waals surface area (Å²) < 4.78 is 23.9. The Morgan fingerprint density at radius 1 is 1.43 bits per heavy atom. The van der Waals surface area contributed by atoms with Gasteiger partial charge in [-0.1, -0.05) is 0 Å². The number of halogens is 2. The highest BCUT2D eigenvalue weighted by molar-refractivity contribution is 5.30. The predicted molar refractivity (Wildman–Crippen MR) is 20.9 cm³/mol. The van der Waals surface area contributed by atoms with Crippen molar-refractivity contribution < 1.29 is 8.78 Å². The SMILES string of the molecule is FC1(F)CC12[CH]C2. The second kappa shape index (κ2) is 0.627. The van der Waals surface area contributed by atoms with Gasteiger partial charge in [0.25, 0.3) is 5.92 Å². The lowest BCUT2D eigenvalue weighted by molar-refractivity contribution is 0.0960. The number of alkyl halides is 2. The fourth-order valence-electron chi connectivity index (χ4n) is 0.918. The van der Waals surface area contributed by atoms with Crippen LogP contribution in [0.1, 0.15) is 12.8 Å². The maximum Gasteiger partial charge on any atom is 0.254 e. The van der Waals surface area contributed by atoms with E-state index in [-0.39, 0.29) is 6.42 Å². The van der Waals surface area contributed by atoms with Gasteiger partial charge in [0.05, 0.1) is 0 Å². The minimum Gasteiger partial charge on any atom is -0.206 e. The molecule has 0 heterocycles. The Kier molecular flexibility index (Phi) is 0.341. The third-order valence-corrected chi connectivity index (χ3v) is 1.84. The van der Waals surface area contributed by atoms with E-state index in [0.717, 1.165) is 0 Å². The van der Waals surface area contributed by atoms with Crippen LogP contribution in [0, 0.1) is 11.8 Å². The van der Waals surface area contributed by atoms with Gasteiger partial charge < -0.3 is 0 Å². The van der Waals surface area contributed by atoms with Gasteiger partial charge in [-0.3, -0.25) is 0 Å². The molecule has 0 bridgehead atoms. The van der Waals surface area contributed by atoms with Crippen LogP contribution in [0.3, 0.4) is 0 Å². The molecular weight excluding hydrogens is 98.1 g/mol. The molecule has 2 saturated carbocycles. The first-order valence-corrected chi connectivity index (χ1v) is 2.39. The Morgan fingerprint density at radius 2 is 1.86 bits per heavy atom. The van der Waals surface area contributed by atoms with E-state index in [1.54, 1.807) is 6.42 Å². The lowest BCUT2D eigenvalue weighted by Crippen LogP contribution is -1.90. The van der Waals surface area contributed by atoms with Crippen LogP contribution in [0.25, 0.3) is 0 Å². The molecule has 1 radical (unpaired) electrons. The molecule has 2 aliphatic rings. The Hall–Kier alpha value is -0.140. The van der Waals surface area contributed by atoms with Crippen LogP contribution in [0.15, 0.2) is 0 Å². The van der Waals surface area contributed by atoms with Crippen molar-refractivity contribution in [1.82, 2.24) is 0 Å². The second-order valence-corrected chi connectivity index (χ2v) is 2.45. The van der Waals surface area contributed by atoms with E-state index in [1.807, 2.05) is 0 Å². The lowest BCUT2D eigenvalue weighted by Gasteiger charge is -1.84. The molecule has 2 fully saturated rings. The molecule has 7 heavy (non-hydrogen) atoms. The van der Waals surface area contributed by atoms with Gasteiger partial charge in [-0.15, -0.1) is 0 Å². The third-order valence-electron chi connectivity index (χ3n) is 1.84. The number of hydrogen-bond donors (Lipinski definition) is 0. The molecule has 0 N–H and O–H groups in total. The van der Waals surface area contributed by atoms with E-state index < -0.39 is 11.3 Å². The highest BCUT2D eigenvalue weighted by Crippen LogP contribution is 2.74. The van der Waals surface area contributed by atoms with E-state index in [9.17, 15) is 8.78 Å². The van der Waals surface area contributed by atoms with Gasteiger partial charge in [0.2, 0.25) is 0 Å². The highest BCUT2D eigenvalue weighted by atomic mass is 19.3. The minimum atomic E-state index is -2.30. The summed E-state index contributed by atoms with van der Waals surface area (Å²) in [5, 5.41) is 0. The maximum atomic E-state index is 11.9. The summed E-state index contributed by atoms with van der Waals surface area (Å²) in [6, 6.07) is 0. The Labute approximate surface area is 40.5 Å². The van der Waals surface area contributed by atoms with Crippen molar-refractivity contribution in [3.63, 3.8) is 0 Å². The van der Waals surface area contributed by atoms with Crippen molar-refractivity contribution in [2.45, 2.75) is 18.8 Å². The normalized spacial score (nSPS) is 38.6. The van der Waals surface area contributed by atoms with Gasteiger partial charge >= 0.3 is 0 Å². The topological polar surface area (TPSA) is 0 Å². The highest BCUT2D eigenvalue weighted by Gasteiger charge is 2.77. The van der Waals surface area contributed by atoms with Crippen molar-refractivity contribution >= 4 is 0 Å². The van der Waals surface area contributed by atoms with Crippen LogP contribution in [-0.2, 0) is 0 Å². The van der Waals surface area contributed by atoms with Gasteiger partial charge in [-0.2, -0.15) is 0 Å². The van der Waals surface area contributed by atoms with Crippen LogP contribution in [0.5, 0.6) is 0 Å². The maximum absolute atomic E-state index is 11.9. The fourth-order valence-corrected chi connectivity index (χ4v) is 0.918. The van der Waals surface area contributed by atoms with Crippen molar-refractivity contribution in [3.8, 4) is 0 Å². The largest absolute Gasteiger partial charge is 0.254 e. The van der Waals surface area contributed by atoms with Crippen LogP contribution in [0.2, 0.25) is 0 Å². The number of rotatable bonds is 0. The summed E-state index contributed by atoms with van der Waals surface area (Å²) in [6.45, 7) is 0. The smallest absolute Gasteiger partial charge is 0.206 e. The molecule has 0 aromatic rings. The van der Waals surface area contributed by atoms with Gasteiger partial charge in [-0.05, 0) is 12.8 Å². The number of hydrogen-bond acceptors (Lipinski definition) is 0. The molecule has 39 valence electrons. The minimum absolute atomic E-state index is 0.125. The molecule has 2 rings (SSSR count). The van der Waals surface area contributed by atoms with Crippen LogP contribution in [-0.4, -0.2) is 5.92 Å². The quantitative estimate of drug-likeness (QED) is 0.437. The molecular formula is C5H5F2. The standard InChI is InChI=1S/C5H5F2/c6-5(7)3-4(5)1-2-4/h1H,2-3H2. The summed E-state index contributed by atoms with van der Waals surface area (Å²) in [5.74, 6) is -2.30. The molecule has 0 aliphatic heterocycles. The average molecular weight is 103 g/mol. The monoisotopic (exact) mass is 103 g/mol. The molecule has 2 heteroatoms. The first-order valence-electron chi connectivity index (χ1n) is 2.39. The zero-order chi connectivity index (χ0) is 5.12. The van der Waals surface area contributed by atoms with E-state index in [4.69, 9.17) is 0 Å². The van der Waals surface area contributed by atoms with Crippen LogP contribution in [0.4, 0.5) is 8.78 Å². The summed E-state index contributed by atoms with van der Waals surface area (Å²) in [6.07, 6.45) is 2.48. The van der Waals surface area contributed by atoms with Crippen molar-refractivity contribution in [3.05, 3.63) is 6.42 Å². The molecule has 0 saturated heterocycles. The van der Waals surface area contributed by atoms with Gasteiger partial charge in [-0.25, -0.2) is 8.78 Å². The molecule has 1 spiro atoms. The van der Waals surface area contributed by atoms with E-state index >= 15 is 0 Å². The van der Waals surface area contributed by atoms with Gasteiger partial charge in [0, 0.05) is 11.8 Å². The fraction of sp³-hybridized carbons (Fsp3) is 0.800. The van der Waals surface area contributed by atoms with Gasteiger partial charge in [0.1, 0.15) is 0 Å². The Bertz CT molecular complexity index is 111. The van der Waals surface area contributed by atoms with E-state index in [1.165, 1.54) is 0 Å². The van der Waals surface area contributed by atoms with Gasteiger partial charge in [0.15, 0.2) is 0 Å².